The van der Waals surface area contributed by atoms with Gasteiger partial charge in [-0.1, -0.05) is 11.6 Å². The Labute approximate surface area is 165 Å². The average molecular weight is 397 g/mol. The minimum atomic E-state index is -0.366. The minimum Gasteiger partial charge on any atom is -0.367 e. The molecule has 4 aromatic rings. The molecule has 0 bridgehead atoms. The molecular formula is C20H18ClFN6. The van der Waals surface area contributed by atoms with Gasteiger partial charge >= 0.3 is 0 Å². The van der Waals surface area contributed by atoms with Crippen molar-refractivity contribution < 1.29 is 4.39 Å². The van der Waals surface area contributed by atoms with Crippen LogP contribution in [-0.2, 0) is 7.05 Å². The molecule has 0 radical (unpaired) electrons. The summed E-state index contributed by atoms with van der Waals surface area (Å²) in [7, 11) is 1.77. The van der Waals surface area contributed by atoms with Gasteiger partial charge in [0.15, 0.2) is 11.5 Å². The second kappa shape index (κ2) is 6.68. The number of hydrogen-bond donors (Lipinski definition) is 1. The van der Waals surface area contributed by atoms with Gasteiger partial charge in [-0.3, -0.25) is 4.68 Å². The third-order valence-corrected chi connectivity index (χ3v) is 5.47. The van der Waals surface area contributed by atoms with Gasteiger partial charge in [-0.05, 0) is 24.3 Å². The van der Waals surface area contributed by atoms with E-state index >= 15 is 0 Å². The Bertz CT molecular complexity index is 1200. The van der Waals surface area contributed by atoms with E-state index in [0.717, 1.165) is 42.6 Å². The van der Waals surface area contributed by atoms with Crippen LogP contribution in [0.15, 0.2) is 36.7 Å². The van der Waals surface area contributed by atoms with Crippen LogP contribution in [0.1, 0.15) is 0 Å². The molecule has 4 heterocycles. The number of rotatable bonds is 2. The molecule has 0 amide bonds. The molecule has 1 aliphatic rings. The number of nitrogens with one attached hydrogen (secondary N) is 1. The van der Waals surface area contributed by atoms with Crippen molar-refractivity contribution >= 4 is 39.2 Å². The Morgan fingerprint density at radius 2 is 2.00 bits per heavy atom. The molecule has 1 aromatic carbocycles. The summed E-state index contributed by atoms with van der Waals surface area (Å²) in [5.41, 5.74) is 3.16. The van der Waals surface area contributed by atoms with Crippen LogP contribution in [0.3, 0.4) is 0 Å². The molecule has 142 valence electrons. The topological polar surface area (TPSA) is 58.9 Å². The first-order valence-corrected chi connectivity index (χ1v) is 9.52. The van der Waals surface area contributed by atoms with E-state index in [1.807, 2.05) is 18.2 Å². The van der Waals surface area contributed by atoms with Crippen LogP contribution in [0.25, 0.3) is 33.2 Å². The first-order valence-electron chi connectivity index (χ1n) is 9.14. The van der Waals surface area contributed by atoms with Gasteiger partial charge in [0.25, 0.3) is 0 Å². The molecule has 0 atom stereocenters. The highest BCUT2D eigenvalue weighted by Gasteiger charge is 2.17. The number of anilines is 1. The smallest absolute Gasteiger partial charge is 0.161 e. The fourth-order valence-corrected chi connectivity index (χ4v) is 4.00. The molecule has 6 nitrogen and oxygen atoms in total. The number of aryl methyl sites for hydroxylation is 1. The van der Waals surface area contributed by atoms with Gasteiger partial charge in [0.1, 0.15) is 5.52 Å². The number of halogens is 2. The van der Waals surface area contributed by atoms with E-state index in [4.69, 9.17) is 11.6 Å². The number of benzene rings is 1. The molecule has 0 aliphatic carbocycles. The van der Waals surface area contributed by atoms with Crippen molar-refractivity contribution in [1.29, 1.82) is 0 Å². The summed E-state index contributed by atoms with van der Waals surface area (Å²) in [6.07, 6.45) is 3.56. The zero-order chi connectivity index (χ0) is 19.3. The number of piperazine rings is 1. The molecule has 0 saturated carbocycles. The normalized spacial score (nSPS) is 14.9. The second-order valence-electron chi connectivity index (χ2n) is 6.96. The zero-order valence-corrected chi connectivity index (χ0v) is 16.0. The van der Waals surface area contributed by atoms with Crippen molar-refractivity contribution in [3.63, 3.8) is 0 Å². The van der Waals surface area contributed by atoms with Crippen molar-refractivity contribution in [3.8, 4) is 11.3 Å². The van der Waals surface area contributed by atoms with E-state index in [0.29, 0.717) is 27.4 Å². The third kappa shape index (κ3) is 2.87. The Balaban J connectivity index is 1.58. The quantitative estimate of drug-likeness (QED) is 0.563. The molecule has 0 unspecified atom stereocenters. The molecule has 1 N–H and O–H groups in total. The third-order valence-electron chi connectivity index (χ3n) is 5.08. The summed E-state index contributed by atoms with van der Waals surface area (Å²) in [6.45, 7) is 3.63. The zero-order valence-electron chi connectivity index (χ0n) is 15.3. The molecule has 28 heavy (non-hydrogen) atoms. The van der Waals surface area contributed by atoms with Gasteiger partial charge in [-0.15, -0.1) is 0 Å². The molecule has 1 fully saturated rings. The lowest BCUT2D eigenvalue weighted by Gasteiger charge is -2.30. The highest BCUT2D eigenvalue weighted by Crippen LogP contribution is 2.33. The van der Waals surface area contributed by atoms with Crippen LogP contribution in [0.4, 0.5) is 10.1 Å². The Morgan fingerprint density at radius 1 is 1.18 bits per heavy atom. The largest absolute Gasteiger partial charge is 0.367 e. The van der Waals surface area contributed by atoms with Gasteiger partial charge in [0, 0.05) is 55.8 Å². The van der Waals surface area contributed by atoms with Crippen LogP contribution < -0.4 is 10.2 Å². The van der Waals surface area contributed by atoms with Crippen LogP contribution in [-0.4, -0.2) is 45.9 Å². The summed E-state index contributed by atoms with van der Waals surface area (Å²) in [5.74, 6) is -0.366. The highest BCUT2D eigenvalue weighted by molar-refractivity contribution is 6.37. The molecule has 1 aliphatic heterocycles. The minimum absolute atomic E-state index is 0.355. The number of aromatic nitrogens is 4. The Morgan fingerprint density at radius 3 is 2.82 bits per heavy atom. The second-order valence-corrected chi connectivity index (χ2v) is 7.34. The van der Waals surface area contributed by atoms with E-state index in [2.05, 4.69) is 25.3 Å². The lowest BCUT2D eigenvalue weighted by Crippen LogP contribution is -2.43. The van der Waals surface area contributed by atoms with Crippen molar-refractivity contribution in [2.45, 2.75) is 0 Å². The van der Waals surface area contributed by atoms with E-state index in [9.17, 15) is 4.39 Å². The first-order chi connectivity index (χ1) is 13.6. The summed E-state index contributed by atoms with van der Waals surface area (Å²) in [5, 5.41) is 9.66. The van der Waals surface area contributed by atoms with Crippen LogP contribution in [0.5, 0.6) is 0 Å². The molecular weight excluding hydrogens is 379 g/mol. The Kier molecular flexibility index (Phi) is 4.14. The molecule has 0 spiro atoms. The van der Waals surface area contributed by atoms with Crippen LogP contribution >= 0.6 is 11.6 Å². The molecule has 1 saturated heterocycles. The van der Waals surface area contributed by atoms with E-state index in [1.165, 1.54) is 6.07 Å². The van der Waals surface area contributed by atoms with Gasteiger partial charge in [0.05, 0.1) is 22.6 Å². The van der Waals surface area contributed by atoms with Gasteiger partial charge < -0.3 is 10.2 Å². The van der Waals surface area contributed by atoms with Crippen molar-refractivity contribution in [2.75, 3.05) is 31.1 Å². The number of pyridine rings is 2. The number of hydrogen-bond acceptors (Lipinski definition) is 5. The maximum Gasteiger partial charge on any atom is 0.161 e. The summed E-state index contributed by atoms with van der Waals surface area (Å²) in [6, 6.07) is 7.11. The summed E-state index contributed by atoms with van der Waals surface area (Å²) in [4.78, 5) is 11.4. The lowest BCUT2D eigenvalue weighted by atomic mass is 10.1. The van der Waals surface area contributed by atoms with Gasteiger partial charge in [-0.25, -0.2) is 14.4 Å². The number of fused-ring (bicyclic) bond motifs is 2. The fraction of sp³-hybridized carbons (Fsp3) is 0.250. The predicted octanol–water partition coefficient (Wildman–Crippen LogP) is 3.39. The summed E-state index contributed by atoms with van der Waals surface area (Å²) < 4.78 is 16.0. The number of nitrogens with zero attached hydrogens (tertiary/aromatic N) is 5. The fourth-order valence-electron chi connectivity index (χ4n) is 3.68. The Hall–Kier alpha value is -2.77. The van der Waals surface area contributed by atoms with E-state index in [1.54, 1.807) is 24.1 Å². The monoisotopic (exact) mass is 396 g/mol. The summed E-state index contributed by atoms with van der Waals surface area (Å²) >= 11 is 6.67. The van der Waals surface area contributed by atoms with E-state index < -0.39 is 0 Å². The van der Waals surface area contributed by atoms with Crippen molar-refractivity contribution in [2.24, 2.45) is 7.05 Å². The van der Waals surface area contributed by atoms with Crippen LogP contribution in [0, 0.1) is 5.82 Å². The van der Waals surface area contributed by atoms with E-state index in [-0.39, 0.29) is 5.82 Å². The molecule has 3 aromatic heterocycles. The maximum absolute atomic E-state index is 14.4. The molecule has 8 heteroatoms. The van der Waals surface area contributed by atoms with Crippen molar-refractivity contribution in [3.05, 3.63) is 47.5 Å². The SMILES string of the molecule is Cn1cc2cc(-c3ccc4c(Cl)c(N5CCNCC5)cnc4n3)cc(F)c2n1. The lowest BCUT2D eigenvalue weighted by molar-refractivity contribution is 0.589. The van der Waals surface area contributed by atoms with Gasteiger partial charge in [0.2, 0.25) is 0 Å². The maximum atomic E-state index is 14.4. The van der Waals surface area contributed by atoms with Gasteiger partial charge in [-0.2, -0.15) is 5.10 Å². The predicted molar refractivity (Wildman–Crippen MR) is 109 cm³/mol. The van der Waals surface area contributed by atoms with Crippen LogP contribution in [0.2, 0.25) is 5.02 Å². The molecule has 5 rings (SSSR count). The average Bonchev–Trinajstić information content (AvgIpc) is 3.09. The first kappa shape index (κ1) is 17.3. The highest BCUT2D eigenvalue weighted by atomic mass is 35.5. The standard InChI is InChI=1S/C20H18ClFN6/c1-27-11-13-8-12(9-15(22)19(13)26-27)16-3-2-14-18(21)17(10-24-20(14)25-16)28-6-4-23-5-7-28/h2-3,8-11,23H,4-7H2,1H3. The van der Waals surface area contributed by atoms with Crippen molar-refractivity contribution in [1.82, 2.24) is 25.1 Å².